The van der Waals surface area contributed by atoms with Crippen molar-refractivity contribution in [2.45, 2.75) is 13.2 Å². The minimum absolute atomic E-state index is 0.000375. The van der Waals surface area contributed by atoms with Crippen LogP contribution in [0.15, 0.2) is 48.5 Å². The van der Waals surface area contributed by atoms with E-state index < -0.39 is 0 Å². The van der Waals surface area contributed by atoms with Crippen LogP contribution in [-0.2, 0) is 22.7 Å². The monoisotopic (exact) mass is 346 g/mol. The Kier molecular flexibility index (Phi) is 5.23. The second-order valence-electron chi connectivity index (χ2n) is 4.94. The smallest absolute Gasteiger partial charge is 0.246 e. The van der Waals surface area contributed by atoms with Crippen molar-refractivity contribution in [2.75, 3.05) is 6.61 Å². The van der Waals surface area contributed by atoms with Crippen LogP contribution in [0, 0.1) is 0 Å². The van der Waals surface area contributed by atoms with Crippen molar-refractivity contribution in [3.8, 4) is 0 Å². The van der Waals surface area contributed by atoms with Gasteiger partial charge in [0.15, 0.2) is 0 Å². The number of hydrogen-bond donors (Lipinski definition) is 1. The fourth-order valence-electron chi connectivity index (χ4n) is 2.10. The molecular weight excluding hydrogens is 332 g/mol. The predicted octanol–water partition coefficient (Wildman–Crippen LogP) is 3.78. The standard InChI is InChI=1S/C17H15ClN2O2S/c18-13-6-2-1-5-12(13)9-19-16(21)10-22-11-17-20-14-7-3-4-8-15(14)23-17/h1-8H,9-11H2,(H,19,21). The first-order valence-corrected chi connectivity index (χ1v) is 8.34. The molecule has 118 valence electrons. The van der Waals surface area contributed by atoms with Crippen molar-refractivity contribution >= 4 is 39.1 Å². The summed E-state index contributed by atoms with van der Waals surface area (Å²) < 4.78 is 6.55. The number of aromatic nitrogens is 1. The molecule has 0 spiro atoms. The molecule has 1 aromatic heterocycles. The Morgan fingerprint density at radius 1 is 1.17 bits per heavy atom. The van der Waals surface area contributed by atoms with Crippen LogP contribution >= 0.6 is 22.9 Å². The Morgan fingerprint density at radius 3 is 2.78 bits per heavy atom. The minimum atomic E-state index is -0.175. The lowest BCUT2D eigenvalue weighted by Crippen LogP contribution is -2.27. The number of amides is 1. The molecule has 1 amide bonds. The molecule has 0 aliphatic heterocycles. The Hall–Kier alpha value is -1.95. The molecule has 3 aromatic rings. The molecule has 0 saturated heterocycles. The van der Waals surface area contributed by atoms with Gasteiger partial charge in [-0.2, -0.15) is 0 Å². The lowest BCUT2D eigenvalue weighted by Gasteiger charge is -2.07. The molecule has 0 unspecified atom stereocenters. The normalized spacial score (nSPS) is 10.8. The van der Waals surface area contributed by atoms with E-state index in [0.29, 0.717) is 18.2 Å². The number of rotatable bonds is 6. The summed E-state index contributed by atoms with van der Waals surface area (Å²) in [6, 6.07) is 15.3. The van der Waals surface area contributed by atoms with E-state index >= 15 is 0 Å². The molecule has 1 N–H and O–H groups in total. The molecule has 4 nitrogen and oxygen atoms in total. The summed E-state index contributed by atoms with van der Waals surface area (Å²) in [4.78, 5) is 16.3. The van der Waals surface area contributed by atoms with Crippen molar-refractivity contribution in [2.24, 2.45) is 0 Å². The summed E-state index contributed by atoms with van der Waals surface area (Å²) in [5, 5.41) is 4.29. The zero-order chi connectivity index (χ0) is 16.1. The highest BCUT2D eigenvalue weighted by atomic mass is 35.5. The summed E-state index contributed by atoms with van der Waals surface area (Å²) in [7, 11) is 0. The molecule has 0 saturated carbocycles. The topological polar surface area (TPSA) is 51.2 Å². The molecule has 1 heterocycles. The number of benzene rings is 2. The van der Waals surface area contributed by atoms with Crippen LogP contribution in [0.5, 0.6) is 0 Å². The van der Waals surface area contributed by atoms with Gasteiger partial charge in [0, 0.05) is 11.6 Å². The Bertz CT molecular complexity index is 786. The summed E-state index contributed by atoms with van der Waals surface area (Å²) in [6.07, 6.45) is 0. The van der Waals surface area contributed by atoms with Crippen LogP contribution in [0.1, 0.15) is 10.6 Å². The van der Waals surface area contributed by atoms with Gasteiger partial charge < -0.3 is 10.1 Å². The fraction of sp³-hybridized carbons (Fsp3) is 0.176. The van der Waals surface area contributed by atoms with Crippen molar-refractivity contribution in [1.82, 2.24) is 10.3 Å². The number of halogens is 1. The third kappa shape index (κ3) is 4.28. The van der Waals surface area contributed by atoms with E-state index in [0.717, 1.165) is 20.8 Å². The highest BCUT2D eigenvalue weighted by molar-refractivity contribution is 7.18. The first-order valence-electron chi connectivity index (χ1n) is 7.14. The van der Waals surface area contributed by atoms with Gasteiger partial charge in [-0.25, -0.2) is 4.98 Å². The Labute approximate surface area is 143 Å². The summed E-state index contributed by atoms with van der Waals surface area (Å²) in [5.41, 5.74) is 1.84. The van der Waals surface area contributed by atoms with E-state index in [4.69, 9.17) is 16.3 Å². The van der Waals surface area contributed by atoms with Gasteiger partial charge in [0.05, 0.1) is 16.8 Å². The number of thiazole rings is 1. The van der Waals surface area contributed by atoms with Crippen LogP contribution in [-0.4, -0.2) is 17.5 Å². The van der Waals surface area contributed by atoms with Crippen LogP contribution < -0.4 is 5.32 Å². The minimum Gasteiger partial charge on any atom is -0.364 e. The van der Waals surface area contributed by atoms with E-state index in [9.17, 15) is 4.79 Å². The number of nitrogens with zero attached hydrogens (tertiary/aromatic N) is 1. The first-order chi connectivity index (χ1) is 11.2. The van der Waals surface area contributed by atoms with Crippen LogP contribution in [0.25, 0.3) is 10.2 Å². The third-order valence-electron chi connectivity index (χ3n) is 3.23. The maximum Gasteiger partial charge on any atom is 0.246 e. The zero-order valence-electron chi connectivity index (χ0n) is 12.3. The molecule has 0 fully saturated rings. The number of fused-ring (bicyclic) bond motifs is 1. The molecule has 0 radical (unpaired) electrons. The average molecular weight is 347 g/mol. The van der Waals surface area contributed by atoms with E-state index in [2.05, 4.69) is 10.3 Å². The molecule has 0 bridgehead atoms. The number of para-hydroxylation sites is 1. The maximum absolute atomic E-state index is 11.8. The molecular formula is C17H15ClN2O2S. The van der Waals surface area contributed by atoms with Gasteiger partial charge >= 0.3 is 0 Å². The van der Waals surface area contributed by atoms with Crippen molar-refractivity contribution in [3.05, 3.63) is 64.1 Å². The highest BCUT2D eigenvalue weighted by Gasteiger charge is 2.06. The number of hydrogen-bond acceptors (Lipinski definition) is 4. The van der Waals surface area contributed by atoms with Crippen molar-refractivity contribution in [3.63, 3.8) is 0 Å². The number of ether oxygens (including phenoxy) is 1. The maximum atomic E-state index is 11.8. The molecule has 0 aliphatic carbocycles. The highest BCUT2D eigenvalue weighted by Crippen LogP contribution is 2.21. The van der Waals surface area contributed by atoms with Gasteiger partial charge in [-0.1, -0.05) is 41.9 Å². The largest absolute Gasteiger partial charge is 0.364 e. The molecule has 23 heavy (non-hydrogen) atoms. The SMILES string of the molecule is O=C(COCc1nc2ccccc2s1)NCc1ccccc1Cl. The van der Waals surface area contributed by atoms with Gasteiger partial charge in [-0.15, -0.1) is 11.3 Å². The average Bonchev–Trinajstić information content (AvgIpc) is 2.97. The lowest BCUT2D eigenvalue weighted by molar-refractivity contribution is -0.126. The third-order valence-corrected chi connectivity index (χ3v) is 4.61. The molecule has 2 aromatic carbocycles. The number of carbonyl (C=O) groups excluding carboxylic acids is 1. The molecule has 6 heteroatoms. The molecule has 3 rings (SSSR count). The summed E-state index contributed by atoms with van der Waals surface area (Å²) in [5.74, 6) is -0.175. The molecule has 0 aliphatic rings. The van der Waals surface area contributed by atoms with E-state index in [-0.39, 0.29) is 12.5 Å². The van der Waals surface area contributed by atoms with Gasteiger partial charge in [0.25, 0.3) is 0 Å². The van der Waals surface area contributed by atoms with Gasteiger partial charge in [0.2, 0.25) is 5.91 Å². The first kappa shape index (κ1) is 15.9. The van der Waals surface area contributed by atoms with E-state index in [1.54, 1.807) is 17.4 Å². The van der Waals surface area contributed by atoms with Crippen LogP contribution in [0.3, 0.4) is 0 Å². The van der Waals surface area contributed by atoms with Gasteiger partial charge in [-0.3, -0.25) is 4.79 Å². The number of carbonyl (C=O) groups is 1. The van der Waals surface area contributed by atoms with Crippen molar-refractivity contribution in [1.29, 1.82) is 0 Å². The van der Waals surface area contributed by atoms with Crippen LogP contribution in [0.2, 0.25) is 5.02 Å². The molecule has 0 atom stereocenters. The quantitative estimate of drug-likeness (QED) is 0.739. The van der Waals surface area contributed by atoms with E-state index in [1.807, 2.05) is 42.5 Å². The lowest BCUT2D eigenvalue weighted by atomic mass is 10.2. The van der Waals surface area contributed by atoms with Crippen molar-refractivity contribution < 1.29 is 9.53 Å². The second kappa shape index (κ2) is 7.55. The second-order valence-corrected chi connectivity index (χ2v) is 6.46. The number of nitrogens with one attached hydrogen (secondary N) is 1. The van der Waals surface area contributed by atoms with Crippen LogP contribution in [0.4, 0.5) is 0 Å². The van der Waals surface area contributed by atoms with Gasteiger partial charge in [-0.05, 0) is 23.8 Å². The fourth-order valence-corrected chi connectivity index (χ4v) is 3.21. The van der Waals surface area contributed by atoms with Gasteiger partial charge in [0.1, 0.15) is 11.6 Å². The Balaban J connectivity index is 1.45. The summed E-state index contributed by atoms with van der Waals surface area (Å²) in [6.45, 7) is 0.724. The zero-order valence-corrected chi connectivity index (χ0v) is 13.9. The predicted molar refractivity (Wildman–Crippen MR) is 92.6 cm³/mol. The van der Waals surface area contributed by atoms with E-state index in [1.165, 1.54) is 0 Å². The Morgan fingerprint density at radius 2 is 1.96 bits per heavy atom. The summed E-state index contributed by atoms with van der Waals surface area (Å²) >= 11 is 7.62.